The van der Waals surface area contributed by atoms with Crippen molar-refractivity contribution in [2.24, 2.45) is 0 Å². The summed E-state index contributed by atoms with van der Waals surface area (Å²) in [6, 6.07) is 9.92. The number of nitrogens with zero attached hydrogens (tertiary/aromatic N) is 1. The Morgan fingerprint density at radius 3 is 2.53 bits per heavy atom. The van der Waals surface area contributed by atoms with E-state index in [-0.39, 0.29) is 15.9 Å². The third-order valence-electron chi connectivity index (χ3n) is 3.36. The normalized spacial score (nSPS) is 16.5. The molecule has 0 aromatic heterocycles. The first-order chi connectivity index (χ1) is 9.00. The summed E-state index contributed by atoms with van der Waals surface area (Å²) in [6.45, 7) is 4.59. The molecule has 0 radical (unpaired) electrons. The fourth-order valence-electron chi connectivity index (χ4n) is 2.17. The smallest absolute Gasteiger partial charge is 0.274 e. The average Bonchev–Trinajstić information content (AvgIpc) is 2.39. The predicted molar refractivity (Wildman–Crippen MR) is 78.0 cm³/mol. The molecule has 4 heteroatoms. The van der Waals surface area contributed by atoms with Gasteiger partial charge in [-0.2, -0.15) is 0 Å². The van der Waals surface area contributed by atoms with E-state index in [0.717, 1.165) is 18.4 Å². The number of likely N-dealkylation sites (tertiary alicyclic amines) is 1. The second kappa shape index (κ2) is 5.78. The van der Waals surface area contributed by atoms with Crippen molar-refractivity contribution >= 4 is 22.9 Å². The van der Waals surface area contributed by atoms with Crippen LogP contribution in [0.2, 0.25) is 0 Å². The maximum absolute atomic E-state index is 12.3. The number of rotatable bonds is 2. The third kappa shape index (κ3) is 3.38. The van der Waals surface area contributed by atoms with Crippen molar-refractivity contribution < 1.29 is 9.59 Å². The predicted octanol–water partition coefficient (Wildman–Crippen LogP) is 3.79. The molecule has 0 spiro atoms. The molecule has 2 rings (SSSR count). The molecule has 2 amide bonds. The van der Waals surface area contributed by atoms with Crippen LogP contribution in [0.1, 0.15) is 38.7 Å². The topological polar surface area (TPSA) is 37.4 Å². The first-order valence-corrected chi connectivity index (χ1v) is 7.41. The molecule has 19 heavy (non-hydrogen) atoms. The number of carbonyl (C=O) groups is 2. The molecule has 0 saturated carbocycles. The molecule has 1 aliphatic rings. The second-order valence-corrected chi connectivity index (χ2v) is 6.82. The molecule has 1 aromatic rings. The van der Waals surface area contributed by atoms with E-state index in [0.29, 0.717) is 13.0 Å². The van der Waals surface area contributed by atoms with Crippen molar-refractivity contribution in [1.29, 1.82) is 0 Å². The second-order valence-electron chi connectivity index (χ2n) is 5.25. The lowest BCUT2D eigenvalue weighted by molar-refractivity contribution is -0.129. The van der Waals surface area contributed by atoms with Crippen molar-refractivity contribution in [2.75, 3.05) is 6.54 Å². The molecule has 0 bridgehead atoms. The highest BCUT2D eigenvalue weighted by Crippen LogP contribution is 2.37. The monoisotopic (exact) mass is 277 g/mol. The van der Waals surface area contributed by atoms with Crippen molar-refractivity contribution in [2.45, 2.75) is 37.9 Å². The highest BCUT2D eigenvalue weighted by Gasteiger charge is 2.31. The molecule has 1 fully saturated rings. The molecule has 102 valence electrons. The fourth-order valence-corrected chi connectivity index (χ4v) is 3.16. The summed E-state index contributed by atoms with van der Waals surface area (Å²) in [5.74, 6) is -0.0346. The lowest BCUT2D eigenvalue weighted by atomic mass is 10.0. The first-order valence-electron chi connectivity index (χ1n) is 6.59. The van der Waals surface area contributed by atoms with E-state index < -0.39 is 0 Å². The number of benzene rings is 1. The minimum Gasteiger partial charge on any atom is -0.274 e. The summed E-state index contributed by atoms with van der Waals surface area (Å²) in [7, 11) is 0. The first kappa shape index (κ1) is 14.1. The molecular weight excluding hydrogens is 258 g/mol. The summed E-state index contributed by atoms with van der Waals surface area (Å²) in [4.78, 5) is 25.4. The third-order valence-corrected chi connectivity index (χ3v) is 4.50. The molecule has 0 aliphatic carbocycles. The van der Waals surface area contributed by atoms with Crippen LogP contribution in [-0.4, -0.2) is 22.6 Å². The van der Waals surface area contributed by atoms with E-state index in [9.17, 15) is 9.59 Å². The molecule has 0 unspecified atom stereocenters. The van der Waals surface area contributed by atoms with Gasteiger partial charge in [0.15, 0.2) is 0 Å². The van der Waals surface area contributed by atoms with Gasteiger partial charge in [0.1, 0.15) is 0 Å². The van der Waals surface area contributed by atoms with Gasteiger partial charge in [-0.3, -0.25) is 14.5 Å². The zero-order chi connectivity index (χ0) is 13.9. The molecule has 3 nitrogen and oxygen atoms in total. The Bertz CT molecular complexity index is 470. The maximum Gasteiger partial charge on any atom is 0.289 e. The Hall–Kier alpha value is -1.29. The molecule has 1 aromatic carbocycles. The minimum atomic E-state index is -0.323. The number of amides is 2. The largest absolute Gasteiger partial charge is 0.289 e. The zero-order valence-electron chi connectivity index (χ0n) is 11.4. The SMILES string of the molecule is CC(C)(SC(=O)N1CCCCC1=O)c1ccccc1. The average molecular weight is 277 g/mol. The highest BCUT2D eigenvalue weighted by molar-refractivity contribution is 8.14. The summed E-state index contributed by atoms with van der Waals surface area (Å²) in [5, 5.41) is -0.126. The van der Waals surface area contributed by atoms with Crippen LogP contribution in [0.4, 0.5) is 4.79 Å². The van der Waals surface area contributed by atoms with Crippen molar-refractivity contribution in [1.82, 2.24) is 4.90 Å². The summed E-state index contributed by atoms with van der Waals surface area (Å²) in [6.07, 6.45) is 2.32. The Morgan fingerprint density at radius 2 is 1.89 bits per heavy atom. The minimum absolute atomic E-state index is 0.0346. The van der Waals surface area contributed by atoms with Crippen molar-refractivity contribution in [3.63, 3.8) is 0 Å². The van der Waals surface area contributed by atoms with Crippen LogP contribution in [0.15, 0.2) is 30.3 Å². The van der Waals surface area contributed by atoms with Crippen LogP contribution in [0, 0.1) is 0 Å². The van der Waals surface area contributed by atoms with Crippen LogP contribution in [0.3, 0.4) is 0 Å². The molecular formula is C15H19NO2S. The number of hydrogen-bond acceptors (Lipinski definition) is 3. The van der Waals surface area contributed by atoms with Gasteiger partial charge in [0.05, 0.1) is 0 Å². The van der Waals surface area contributed by atoms with Crippen LogP contribution in [0.25, 0.3) is 0 Å². The Kier molecular flexibility index (Phi) is 4.30. The number of carbonyl (C=O) groups excluding carboxylic acids is 2. The lowest BCUT2D eigenvalue weighted by Gasteiger charge is -2.29. The quantitative estimate of drug-likeness (QED) is 0.825. The molecule has 1 aliphatic heterocycles. The van der Waals surface area contributed by atoms with Gasteiger partial charge in [0.25, 0.3) is 5.24 Å². The Balaban J connectivity index is 2.07. The number of thioether (sulfide) groups is 1. The van der Waals surface area contributed by atoms with Crippen LogP contribution >= 0.6 is 11.8 Å². The van der Waals surface area contributed by atoms with E-state index >= 15 is 0 Å². The lowest BCUT2D eigenvalue weighted by Crippen LogP contribution is -2.39. The molecule has 1 saturated heterocycles. The van der Waals surface area contributed by atoms with E-state index in [1.165, 1.54) is 16.7 Å². The van der Waals surface area contributed by atoms with Gasteiger partial charge in [-0.05, 0) is 32.3 Å². The van der Waals surface area contributed by atoms with E-state index in [1.807, 2.05) is 44.2 Å². The van der Waals surface area contributed by atoms with Crippen molar-refractivity contribution in [3.05, 3.63) is 35.9 Å². The number of piperidine rings is 1. The van der Waals surface area contributed by atoms with Crippen molar-refractivity contribution in [3.8, 4) is 0 Å². The van der Waals surface area contributed by atoms with Gasteiger partial charge < -0.3 is 0 Å². The van der Waals surface area contributed by atoms with Gasteiger partial charge in [-0.15, -0.1) is 0 Å². The standard InChI is InChI=1S/C15H19NO2S/c1-15(2,12-8-4-3-5-9-12)19-14(18)16-11-7-6-10-13(16)17/h3-5,8-9H,6-7,10-11H2,1-2H3. The van der Waals surface area contributed by atoms with Gasteiger partial charge in [-0.1, -0.05) is 42.1 Å². The molecule has 0 atom stereocenters. The molecule has 0 N–H and O–H groups in total. The Morgan fingerprint density at radius 1 is 1.21 bits per heavy atom. The fraction of sp³-hybridized carbons (Fsp3) is 0.467. The summed E-state index contributed by atoms with van der Waals surface area (Å²) in [5.41, 5.74) is 1.10. The van der Waals surface area contributed by atoms with Gasteiger partial charge in [0.2, 0.25) is 5.91 Å². The summed E-state index contributed by atoms with van der Waals surface area (Å²) < 4.78 is -0.323. The molecule has 1 heterocycles. The van der Waals surface area contributed by atoms with Gasteiger partial charge >= 0.3 is 0 Å². The number of hydrogen-bond donors (Lipinski definition) is 0. The van der Waals surface area contributed by atoms with Crippen LogP contribution in [0.5, 0.6) is 0 Å². The Labute approximate surface area is 118 Å². The highest BCUT2D eigenvalue weighted by atomic mass is 32.2. The van der Waals surface area contributed by atoms with E-state index in [4.69, 9.17) is 0 Å². The maximum atomic E-state index is 12.3. The van der Waals surface area contributed by atoms with E-state index in [2.05, 4.69) is 0 Å². The van der Waals surface area contributed by atoms with E-state index in [1.54, 1.807) is 0 Å². The van der Waals surface area contributed by atoms with Crippen LogP contribution < -0.4 is 0 Å². The number of imide groups is 1. The zero-order valence-corrected chi connectivity index (χ0v) is 12.2. The summed E-state index contributed by atoms with van der Waals surface area (Å²) >= 11 is 1.23. The van der Waals surface area contributed by atoms with Crippen LogP contribution in [-0.2, 0) is 9.54 Å². The van der Waals surface area contributed by atoms with Gasteiger partial charge in [-0.25, -0.2) is 0 Å². The van der Waals surface area contributed by atoms with Gasteiger partial charge in [0, 0.05) is 17.7 Å².